The summed E-state index contributed by atoms with van der Waals surface area (Å²) in [5.74, 6) is 0.443. The molecule has 0 radical (unpaired) electrons. The highest BCUT2D eigenvalue weighted by Crippen LogP contribution is 2.54. The van der Waals surface area contributed by atoms with Crippen molar-refractivity contribution in [3.8, 4) is 0 Å². The Balaban J connectivity index is 1.67. The Morgan fingerprint density at radius 2 is 2.10 bits per heavy atom. The number of rotatable bonds is 5. The predicted octanol–water partition coefficient (Wildman–Crippen LogP) is 5.96. The largest absolute Gasteiger partial charge is 0.390 e. The molecular weight excluding hydrogens is 384 g/mol. The standard InChI is InChI=1S/C27H36N2O2/c1-4-13-27-15-14-26(31,5-2)18-22(27)9-6-8-20-17-21(11-12-23(20)27)25(30)29-24-10-7-16-28-19(24)3/h7,10-12,16-17,22,31H,4-6,8-9,13-15,18H2,1-3H3,(H,29,30)/t22-,26+,27+/m1/s1. The van der Waals surface area contributed by atoms with Crippen LogP contribution in [0.1, 0.15) is 92.4 Å². The predicted molar refractivity (Wildman–Crippen MR) is 125 cm³/mol. The van der Waals surface area contributed by atoms with Crippen LogP contribution in [0.4, 0.5) is 5.69 Å². The van der Waals surface area contributed by atoms with Crippen LogP contribution in [0.2, 0.25) is 0 Å². The molecule has 1 saturated carbocycles. The van der Waals surface area contributed by atoms with Crippen LogP contribution in [0.3, 0.4) is 0 Å². The summed E-state index contributed by atoms with van der Waals surface area (Å²) in [6, 6.07) is 10.1. The molecule has 2 aliphatic carbocycles. The number of aliphatic hydroxyl groups is 1. The number of aromatic nitrogens is 1. The van der Waals surface area contributed by atoms with E-state index in [9.17, 15) is 9.90 Å². The molecule has 2 N–H and O–H groups in total. The summed E-state index contributed by atoms with van der Waals surface area (Å²) in [4.78, 5) is 17.2. The summed E-state index contributed by atoms with van der Waals surface area (Å²) < 4.78 is 0. The van der Waals surface area contributed by atoms with Gasteiger partial charge >= 0.3 is 0 Å². The maximum Gasteiger partial charge on any atom is 0.255 e. The summed E-state index contributed by atoms with van der Waals surface area (Å²) in [5, 5.41) is 14.1. The lowest BCUT2D eigenvalue weighted by molar-refractivity contribution is -0.0517. The number of hydrogen-bond donors (Lipinski definition) is 2. The third-order valence-corrected chi connectivity index (χ3v) is 7.96. The molecule has 0 aliphatic heterocycles. The summed E-state index contributed by atoms with van der Waals surface area (Å²) in [6.07, 6.45) is 11.0. The van der Waals surface area contributed by atoms with Crippen LogP contribution in [0.25, 0.3) is 0 Å². The molecule has 1 aromatic carbocycles. The van der Waals surface area contributed by atoms with Gasteiger partial charge in [0.2, 0.25) is 0 Å². The number of benzene rings is 1. The second-order valence-corrected chi connectivity index (χ2v) is 9.74. The second-order valence-electron chi connectivity index (χ2n) is 9.74. The Morgan fingerprint density at radius 1 is 1.26 bits per heavy atom. The van der Waals surface area contributed by atoms with Crippen molar-refractivity contribution in [2.24, 2.45) is 5.92 Å². The molecule has 2 aliphatic rings. The first-order chi connectivity index (χ1) is 14.9. The Kier molecular flexibility index (Phi) is 6.20. The van der Waals surface area contributed by atoms with Crippen molar-refractivity contribution in [3.63, 3.8) is 0 Å². The number of aryl methyl sites for hydroxylation is 2. The highest BCUT2D eigenvalue weighted by atomic mass is 16.3. The first kappa shape index (κ1) is 22.0. The molecule has 3 atom stereocenters. The van der Waals surface area contributed by atoms with Gasteiger partial charge < -0.3 is 10.4 Å². The van der Waals surface area contributed by atoms with Gasteiger partial charge in [-0.25, -0.2) is 0 Å². The molecule has 4 nitrogen and oxygen atoms in total. The third-order valence-electron chi connectivity index (χ3n) is 7.96. The van der Waals surface area contributed by atoms with E-state index in [0.717, 1.165) is 69.2 Å². The molecule has 1 amide bonds. The van der Waals surface area contributed by atoms with Gasteiger partial charge in [-0.2, -0.15) is 0 Å². The average Bonchev–Trinajstić information content (AvgIpc) is 2.92. The van der Waals surface area contributed by atoms with Gasteiger partial charge in [-0.3, -0.25) is 9.78 Å². The number of anilines is 1. The van der Waals surface area contributed by atoms with E-state index in [-0.39, 0.29) is 11.3 Å². The lowest BCUT2D eigenvalue weighted by Crippen LogP contribution is -2.47. The van der Waals surface area contributed by atoms with Gasteiger partial charge in [-0.15, -0.1) is 0 Å². The van der Waals surface area contributed by atoms with Gasteiger partial charge in [0.15, 0.2) is 0 Å². The Morgan fingerprint density at radius 3 is 2.84 bits per heavy atom. The molecule has 166 valence electrons. The molecule has 1 heterocycles. The number of amides is 1. The van der Waals surface area contributed by atoms with Gasteiger partial charge in [0.1, 0.15) is 0 Å². The van der Waals surface area contributed by atoms with Crippen molar-refractivity contribution in [1.29, 1.82) is 0 Å². The fourth-order valence-electron chi connectivity index (χ4n) is 6.16. The minimum Gasteiger partial charge on any atom is -0.390 e. The molecule has 0 saturated heterocycles. The highest BCUT2D eigenvalue weighted by molar-refractivity contribution is 6.04. The van der Waals surface area contributed by atoms with E-state index in [1.54, 1.807) is 6.20 Å². The number of carbonyl (C=O) groups is 1. The monoisotopic (exact) mass is 420 g/mol. The van der Waals surface area contributed by atoms with E-state index in [1.807, 2.05) is 25.1 Å². The fourth-order valence-corrected chi connectivity index (χ4v) is 6.16. The van der Waals surface area contributed by atoms with Crippen LogP contribution in [-0.2, 0) is 11.8 Å². The van der Waals surface area contributed by atoms with Crippen molar-refractivity contribution >= 4 is 11.6 Å². The number of nitrogens with zero attached hydrogens (tertiary/aromatic N) is 1. The van der Waals surface area contributed by atoms with E-state index in [2.05, 4.69) is 36.3 Å². The van der Waals surface area contributed by atoms with E-state index >= 15 is 0 Å². The molecule has 4 rings (SSSR count). The van der Waals surface area contributed by atoms with E-state index in [1.165, 1.54) is 11.1 Å². The maximum atomic E-state index is 13.0. The van der Waals surface area contributed by atoms with Crippen LogP contribution in [0.5, 0.6) is 0 Å². The van der Waals surface area contributed by atoms with Gasteiger partial charge in [0, 0.05) is 11.8 Å². The lowest BCUT2D eigenvalue weighted by atomic mass is 9.56. The van der Waals surface area contributed by atoms with Gasteiger partial charge in [0.05, 0.1) is 17.0 Å². The first-order valence-electron chi connectivity index (χ1n) is 12.0. The molecule has 1 aromatic heterocycles. The summed E-state index contributed by atoms with van der Waals surface area (Å²) in [6.45, 7) is 6.29. The zero-order valence-corrected chi connectivity index (χ0v) is 19.2. The average molecular weight is 421 g/mol. The number of carbonyl (C=O) groups excluding carboxylic acids is 1. The molecule has 0 bridgehead atoms. The molecule has 2 aromatic rings. The van der Waals surface area contributed by atoms with Gasteiger partial charge in [-0.1, -0.05) is 26.3 Å². The van der Waals surface area contributed by atoms with Crippen LogP contribution in [-0.4, -0.2) is 21.6 Å². The van der Waals surface area contributed by atoms with Crippen LogP contribution >= 0.6 is 0 Å². The number of nitrogens with one attached hydrogen (secondary N) is 1. The molecule has 1 fully saturated rings. The van der Waals surface area contributed by atoms with Crippen LogP contribution < -0.4 is 5.32 Å². The lowest BCUT2D eigenvalue weighted by Gasteiger charge is -2.50. The zero-order chi connectivity index (χ0) is 22.1. The van der Waals surface area contributed by atoms with Crippen molar-refractivity contribution in [2.45, 2.75) is 89.6 Å². The van der Waals surface area contributed by atoms with Crippen molar-refractivity contribution in [2.75, 3.05) is 5.32 Å². The van der Waals surface area contributed by atoms with Crippen LogP contribution in [0, 0.1) is 12.8 Å². The number of fused-ring (bicyclic) bond motifs is 3. The maximum absolute atomic E-state index is 13.0. The van der Waals surface area contributed by atoms with E-state index in [0.29, 0.717) is 11.5 Å². The normalized spacial score (nSPS) is 27.7. The Hall–Kier alpha value is -2.20. The molecule has 4 heteroatoms. The number of pyridine rings is 1. The minimum atomic E-state index is -0.506. The van der Waals surface area contributed by atoms with Crippen molar-refractivity contribution < 1.29 is 9.90 Å². The highest BCUT2D eigenvalue weighted by Gasteiger charge is 2.49. The third kappa shape index (κ3) is 4.15. The van der Waals surface area contributed by atoms with Gasteiger partial charge in [-0.05, 0) is 105 Å². The van der Waals surface area contributed by atoms with Crippen molar-refractivity contribution in [3.05, 3.63) is 58.9 Å². The summed E-state index contributed by atoms with van der Waals surface area (Å²) >= 11 is 0. The zero-order valence-electron chi connectivity index (χ0n) is 19.2. The molecular formula is C27H36N2O2. The van der Waals surface area contributed by atoms with E-state index in [4.69, 9.17) is 0 Å². The van der Waals surface area contributed by atoms with Crippen LogP contribution in [0.15, 0.2) is 36.5 Å². The van der Waals surface area contributed by atoms with E-state index < -0.39 is 5.60 Å². The van der Waals surface area contributed by atoms with Crippen molar-refractivity contribution in [1.82, 2.24) is 4.98 Å². The summed E-state index contributed by atoms with van der Waals surface area (Å²) in [7, 11) is 0. The molecule has 0 unspecified atom stereocenters. The topological polar surface area (TPSA) is 62.2 Å². The molecule has 31 heavy (non-hydrogen) atoms. The Labute approximate surface area is 186 Å². The SMILES string of the molecule is CCC[C@]12CC[C@@](O)(CC)C[C@H]1CCCc1cc(C(=O)Nc3cccnc3C)ccc12. The molecule has 0 spiro atoms. The fraction of sp³-hybridized carbons (Fsp3) is 0.556. The number of hydrogen-bond acceptors (Lipinski definition) is 3. The quantitative estimate of drug-likeness (QED) is 0.627. The Bertz CT molecular complexity index is 956. The van der Waals surface area contributed by atoms with Gasteiger partial charge in [0.25, 0.3) is 5.91 Å². The first-order valence-corrected chi connectivity index (χ1v) is 12.0. The second kappa shape index (κ2) is 8.74. The summed E-state index contributed by atoms with van der Waals surface area (Å²) in [5.41, 5.74) is 4.69. The minimum absolute atomic E-state index is 0.0757. The smallest absolute Gasteiger partial charge is 0.255 e.